The number of hydrogen-bond donors (Lipinski definition) is 1. The minimum Gasteiger partial charge on any atom is -0.461 e. The molecule has 1 rings (SSSR count). The van der Waals surface area contributed by atoms with Crippen LogP contribution in [0.1, 0.15) is 17.4 Å². The number of nitrogens with two attached hydrogens (primary N) is 1. The Bertz CT molecular complexity index is 426. The van der Waals surface area contributed by atoms with Gasteiger partial charge in [0.1, 0.15) is 12.5 Å². The molecule has 0 spiro atoms. The molecule has 0 aliphatic heterocycles. The van der Waals surface area contributed by atoms with Crippen LogP contribution in [0, 0.1) is 0 Å². The summed E-state index contributed by atoms with van der Waals surface area (Å²) in [5.74, 6) is 0.956. The van der Waals surface area contributed by atoms with Gasteiger partial charge in [-0.15, -0.1) is 0 Å². The molecule has 0 aliphatic rings. The van der Waals surface area contributed by atoms with Crippen LogP contribution in [0.3, 0.4) is 0 Å². The highest BCUT2D eigenvalue weighted by Gasteiger charge is 2.13. The number of aromatic nitrogens is 2. The maximum absolute atomic E-state index is 11.5. The second-order valence-corrected chi connectivity index (χ2v) is 9.60. The maximum atomic E-state index is 11.5. The van der Waals surface area contributed by atoms with E-state index in [0.29, 0.717) is 19.0 Å². The molecule has 0 unspecified atom stereocenters. The zero-order valence-corrected chi connectivity index (χ0v) is 12.8. The van der Waals surface area contributed by atoms with Crippen LogP contribution in [-0.2, 0) is 16.2 Å². The molecule has 19 heavy (non-hydrogen) atoms. The fraction of sp³-hybridized carbons (Fsp3) is 0.667. The predicted octanol–water partition coefficient (Wildman–Crippen LogP) is 1.31. The first kappa shape index (κ1) is 15.8. The molecular formula is C12H23N3O3S. The zero-order chi connectivity index (χ0) is 14.5. The number of ether oxygens (including phenoxy) is 2. The molecule has 1 heterocycles. The van der Waals surface area contributed by atoms with Crippen LogP contribution in [-0.4, -0.2) is 53.5 Å². The van der Waals surface area contributed by atoms with Crippen LogP contribution in [0.15, 0.2) is 6.07 Å². The van der Waals surface area contributed by atoms with Gasteiger partial charge in [0.2, 0.25) is 0 Å². The van der Waals surface area contributed by atoms with Gasteiger partial charge in [-0.1, -0.05) is 0 Å². The van der Waals surface area contributed by atoms with Crippen LogP contribution >= 0.6 is 10.0 Å². The summed E-state index contributed by atoms with van der Waals surface area (Å²) in [6.45, 7) is 2.97. The van der Waals surface area contributed by atoms with E-state index < -0.39 is 16.0 Å². The van der Waals surface area contributed by atoms with Crippen LogP contribution in [0.5, 0.6) is 0 Å². The normalized spacial score (nSPS) is 12.4. The highest BCUT2D eigenvalue weighted by atomic mass is 32.3. The summed E-state index contributed by atoms with van der Waals surface area (Å²) in [5, 5.41) is 4.06. The summed E-state index contributed by atoms with van der Waals surface area (Å²) in [5.41, 5.74) is 5.97. The topological polar surface area (TPSA) is 79.4 Å². The lowest BCUT2D eigenvalue weighted by Gasteiger charge is -2.24. The van der Waals surface area contributed by atoms with Crippen molar-refractivity contribution in [1.29, 1.82) is 0 Å². The third kappa shape index (κ3) is 5.52. The molecule has 0 saturated heterocycles. The lowest BCUT2D eigenvalue weighted by atomic mass is 10.4. The SMILES string of the molecule is CCOC(=O)c1cc(N)n(COCCS(C)(C)C)n1. The zero-order valence-electron chi connectivity index (χ0n) is 12.0. The van der Waals surface area contributed by atoms with Gasteiger partial charge in [-0.25, -0.2) is 19.5 Å². The van der Waals surface area contributed by atoms with E-state index in [1.165, 1.54) is 10.7 Å². The number of nitrogen functional groups attached to an aromatic ring is 1. The first-order valence-corrected chi connectivity index (χ1v) is 9.10. The summed E-state index contributed by atoms with van der Waals surface area (Å²) in [4.78, 5) is 11.5. The minimum atomic E-state index is -0.564. The molecule has 7 heteroatoms. The number of anilines is 1. The Labute approximate surface area is 115 Å². The third-order valence-electron chi connectivity index (χ3n) is 2.35. The van der Waals surface area contributed by atoms with E-state index in [2.05, 4.69) is 23.9 Å². The molecule has 1 aromatic heterocycles. The van der Waals surface area contributed by atoms with E-state index in [9.17, 15) is 4.79 Å². The molecular weight excluding hydrogens is 266 g/mol. The number of carbonyl (C=O) groups is 1. The van der Waals surface area contributed by atoms with Gasteiger partial charge in [0, 0.05) is 11.8 Å². The van der Waals surface area contributed by atoms with Crippen molar-refractivity contribution < 1.29 is 14.3 Å². The van der Waals surface area contributed by atoms with Crippen molar-refractivity contribution in [3.63, 3.8) is 0 Å². The average molecular weight is 289 g/mol. The van der Waals surface area contributed by atoms with Gasteiger partial charge >= 0.3 is 5.97 Å². The van der Waals surface area contributed by atoms with E-state index in [0.717, 1.165) is 5.75 Å². The standard InChI is InChI=1S/C12H23N3O3S/c1-5-18-12(16)10-8-11(13)15(14-10)9-17-6-7-19(2,3)4/h8H,5-7,9,13H2,1-4H3. The van der Waals surface area contributed by atoms with Gasteiger partial charge in [0.05, 0.1) is 13.2 Å². The smallest absolute Gasteiger partial charge is 0.358 e. The van der Waals surface area contributed by atoms with Crippen molar-refractivity contribution >= 4 is 21.8 Å². The molecule has 110 valence electrons. The third-order valence-corrected chi connectivity index (χ3v) is 3.74. The number of carbonyl (C=O) groups excluding carboxylic acids is 1. The highest BCUT2D eigenvalue weighted by Crippen LogP contribution is 2.33. The Morgan fingerprint density at radius 1 is 1.47 bits per heavy atom. The Morgan fingerprint density at radius 3 is 2.74 bits per heavy atom. The molecule has 2 N–H and O–H groups in total. The van der Waals surface area contributed by atoms with Gasteiger partial charge in [0.25, 0.3) is 0 Å². The van der Waals surface area contributed by atoms with Crippen molar-refractivity contribution in [1.82, 2.24) is 9.78 Å². The minimum absolute atomic E-state index is 0.212. The van der Waals surface area contributed by atoms with E-state index in [-0.39, 0.29) is 12.4 Å². The molecule has 0 aliphatic carbocycles. The molecule has 0 atom stereocenters. The Hall–Kier alpha value is -1.21. The summed E-state index contributed by atoms with van der Waals surface area (Å²) in [6, 6.07) is 1.50. The van der Waals surface area contributed by atoms with Crippen LogP contribution in [0.4, 0.5) is 5.82 Å². The van der Waals surface area contributed by atoms with Gasteiger partial charge in [-0.05, 0) is 25.7 Å². The highest BCUT2D eigenvalue weighted by molar-refractivity contribution is 8.32. The summed E-state index contributed by atoms with van der Waals surface area (Å²) in [6.07, 6.45) is 6.70. The first-order valence-electron chi connectivity index (χ1n) is 6.07. The molecule has 1 aromatic rings. The molecule has 0 bridgehead atoms. The summed E-state index contributed by atoms with van der Waals surface area (Å²) in [7, 11) is -0.564. The van der Waals surface area contributed by atoms with Crippen LogP contribution in [0.2, 0.25) is 0 Å². The number of nitrogens with zero attached hydrogens (tertiary/aromatic N) is 2. The van der Waals surface area contributed by atoms with Gasteiger partial charge < -0.3 is 15.2 Å². The van der Waals surface area contributed by atoms with Crippen molar-refractivity contribution in [2.24, 2.45) is 0 Å². The average Bonchev–Trinajstić information content (AvgIpc) is 2.66. The monoisotopic (exact) mass is 289 g/mol. The number of esters is 1. The summed E-state index contributed by atoms with van der Waals surface area (Å²) >= 11 is 0. The van der Waals surface area contributed by atoms with Gasteiger partial charge in [0.15, 0.2) is 5.69 Å². The molecule has 0 amide bonds. The number of hydrogen-bond acceptors (Lipinski definition) is 5. The summed E-state index contributed by atoms with van der Waals surface area (Å²) < 4.78 is 11.8. The molecule has 0 aromatic carbocycles. The quantitative estimate of drug-likeness (QED) is 0.605. The fourth-order valence-corrected chi connectivity index (χ4v) is 1.92. The van der Waals surface area contributed by atoms with E-state index in [4.69, 9.17) is 15.2 Å². The molecule has 0 radical (unpaired) electrons. The van der Waals surface area contributed by atoms with E-state index in [1.54, 1.807) is 6.92 Å². The van der Waals surface area contributed by atoms with Crippen LogP contribution in [0.25, 0.3) is 0 Å². The molecule has 0 fully saturated rings. The first-order chi connectivity index (χ1) is 8.83. The Kier molecular flexibility index (Phi) is 5.68. The number of rotatable bonds is 7. The largest absolute Gasteiger partial charge is 0.461 e. The van der Waals surface area contributed by atoms with Crippen molar-refractivity contribution in [2.75, 3.05) is 43.5 Å². The molecule has 0 saturated carbocycles. The lowest BCUT2D eigenvalue weighted by Crippen LogP contribution is -2.13. The van der Waals surface area contributed by atoms with Crippen LogP contribution < -0.4 is 5.73 Å². The van der Waals surface area contributed by atoms with E-state index >= 15 is 0 Å². The van der Waals surface area contributed by atoms with Gasteiger partial charge in [-0.3, -0.25) is 0 Å². The lowest BCUT2D eigenvalue weighted by molar-refractivity contribution is 0.0511. The van der Waals surface area contributed by atoms with Gasteiger partial charge in [-0.2, -0.15) is 5.10 Å². The second kappa shape index (κ2) is 6.81. The fourth-order valence-electron chi connectivity index (χ4n) is 1.30. The maximum Gasteiger partial charge on any atom is 0.358 e. The second-order valence-electron chi connectivity index (χ2n) is 5.01. The van der Waals surface area contributed by atoms with Crippen molar-refractivity contribution in [3.8, 4) is 0 Å². The van der Waals surface area contributed by atoms with Crippen molar-refractivity contribution in [2.45, 2.75) is 13.7 Å². The Morgan fingerprint density at radius 2 is 2.16 bits per heavy atom. The Balaban J connectivity index is 2.48. The van der Waals surface area contributed by atoms with E-state index in [1.807, 2.05) is 0 Å². The molecule has 6 nitrogen and oxygen atoms in total. The predicted molar refractivity (Wildman–Crippen MR) is 78.8 cm³/mol. The van der Waals surface area contributed by atoms with Crippen molar-refractivity contribution in [3.05, 3.63) is 11.8 Å².